The molecule has 0 radical (unpaired) electrons. The molecule has 3 heterocycles. The molecule has 0 bridgehead atoms. The van der Waals surface area contributed by atoms with E-state index in [1.165, 1.54) is 18.3 Å². The molecule has 2 saturated heterocycles. The topological polar surface area (TPSA) is 28.2 Å². The number of pyridine rings is 1. The number of nitrogens with zero attached hydrogens (tertiary/aromatic N) is 2. The maximum atomic E-state index is 14.2. The molecule has 2 aliphatic rings. The molecule has 3 rings (SSSR count). The molecule has 0 unspecified atom stereocenters. The van der Waals surface area contributed by atoms with Gasteiger partial charge in [0.15, 0.2) is 11.6 Å². The van der Waals surface area contributed by atoms with E-state index in [9.17, 15) is 13.2 Å². The Labute approximate surface area is 109 Å². The molecule has 2 fully saturated rings. The minimum Gasteiger partial charge on any atom is -0.353 e. The first-order chi connectivity index (χ1) is 9.04. The first kappa shape index (κ1) is 12.7. The number of rotatable bonds is 1. The van der Waals surface area contributed by atoms with Gasteiger partial charge in [0.1, 0.15) is 0 Å². The van der Waals surface area contributed by atoms with Gasteiger partial charge in [0.05, 0.1) is 5.41 Å². The van der Waals surface area contributed by atoms with Crippen molar-refractivity contribution in [2.45, 2.75) is 18.8 Å². The lowest BCUT2D eigenvalue weighted by atomic mass is 9.76. The summed E-state index contributed by atoms with van der Waals surface area (Å²) < 4.78 is 42.0. The van der Waals surface area contributed by atoms with E-state index in [-0.39, 0.29) is 25.3 Å². The van der Waals surface area contributed by atoms with Crippen molar-refractivity contribution in [3.8, 4) is 0 Å². The van der Waals surface area contributed by atoms with Gasteiger partial charge in [0.2, 0.25) is 0 Å². The summed E-state index contributed by atoms with van der Waals surface area (Å²) >= 11 is 0. The minimum atomic E-state index is -2.70. The van der Waals surface area contributed by atoms with Crippen LogP contribution in [0.2, 0.25) is 0 Å². The zero-order valence-electron chi connectivity index (χ0n) is 10.5. The fourth-order valence-electron chi connectivity index (χ4n) is 3.07. The number of anilines is 1. The van der Waals surface area contributed by atoms with Gasteiger partial charge in [-0.1, -0.05) is 0 Å². The molecule has 0 saturated carbocycles. The van der Waals surface area contributed by atoms with Crippen molar-refractivity contribution in [2.75, 3.05) is 31.1 Å². The van der Waals surface area contributed by atoms with E-state index in [4.69, 9.17) is 0 Å². The van der Waals surface area contributed by atoms with Crippen LogP contribution in [0.1, 0.15) is 12.8 Å². The standard InChI is InChI=1S/C13H16F3N3/c14-10-2-1-5-18-11(10)19-7-4-12(9-19)8-17-6-3-13(12,15)16/h1-2,5,17H,3-4,6-9H2/t12-/m1/s1. The van der Waals surface area contributed by atoms with E-state index < -0.39 is 17.2 Å². The Morgan fingerprint density at radius 2 is 2.16 bits per heavy atom. The van der Waals surface area contributed by atoms with Gasteiger partial charge in [-0.3, -0.25) is 0 Å². The quantitative estimate of drug-likeness (QED) is 0.847. The van der Waals surface area contributed by atoms with Gasteiger partial charge in [0.25, 0.3) is 5.92 Å². The lowest BCUT2D eigenvalue weighted by molar-refractivity contribution is -0.131. The van der Waals surface area contributed by atoms with Gasteiger partial charge in [-0.2, -0.15) is 0 Å². The predicted octanol–water partition coefficient (Wildman–Crippen LogP) is 2.05. The molecule has 104 valence electrons. The third-order valence-corrected chi connectivity index (χ3v) is 4.25. The number of aromatic nitrogens is 1. The van der Waals surface area contributed by atoms with Gasteiger partial charge in [0, 0.05) is 38.8 Å². The third kappa shape index (κ3) is 1.98. The van der Waals surface area contributed by atoms with Crippen molar-refractivity contribution in [3.63, 3.8) is 0 Å². The highest BCUT2D eigenvalue weighted by Crippen LogP contribution is 2.48. The molecular formula is C13H16F3N3. The van der Waals surface area contributed by atoms with Gasteiger partial charge in [-0.05, 0) is 18.6 Å². The van der Waals surface area contributed by atoms with Crippen molar-refractivity contribution in [2.24, 2.45) is 5.41 Å². The lowest BCUT2D eigenvalue weighted by Crippen LogP contribution is -2.55. The van der Waals surface area contributed by atoms with Crippen molar-refractivity contribution >= 4 is 5.82 Å². The van der Waals surface area contributed by atoms with Crippen LogP contribution in [0, 0.1) is 11.2 Å². The second-order valence-corrected chi connectivity index (χ2v) is 5.39. The second kappa shape index (κ2) is 4.37. The van der Waals surface area contributed by atoms with Crippen LogP contribution in [0.15, 0.2) is 18.3 Å². The smallest absolute Gasteiger partial charge is 0.257 e. The summed E-state index contributed by atoms with van der Waals surface area (Å²) in [5, 5.41) is 3.04. The molecule has 0 amide bonds. The van der Waals surface area contributed by atoms with Crippen LogP contribution in [0.5, 0.6) is 0 Å². The van der Waals surface area contributed by atoms with Gasteiger partial charge in [-0.25, -0.2) is 18.2 Å². The van der Waals surface area contributed by atoms with Gasteiger partial charge < -0.3 is 10.2 Å². The normalized spacial score (nSPS) is 29.9. The number of nitrogens with one attached hydrogen (secondary N) is 1. The Kier molecular flexibility index (Phi) is 2.92. The van der Waals surface area contributed by atoms with E-state index in [2.05, 4.69) is 10.3 Å². The first-order valence-electron chi connectivity index (χ1n) is 6.48. The van der Waals surface area contributed by atoms with Gasteiger partial charge in [-0.15, -0.1) is 0 Å². The maximum Gasteiger partial charge on any atom is 0.257 e. The number of hydrogen-bond donors (Lipinski definition) is 1. The predicted molar refractivity (Wildman–Crippen MR) is 65.9 cm³/mol. The van der Waals surface area contributed by atoms with Crippen LogP contribution in [0.25, 0.3) is 0 Å². The van der Waals surface area contributed by atoms with Crippen LogP contribution in [-0.2, 0) is 0 Å². The molecule has 1 aromatic heterocycles. The second-order valence-electron chi connectivity index (χ2n) is 5.39. The fourth-order valence-corrected chi connectivity index (χ4v) is 3.07. The molecule has 1 atom stereocenters. The summed E-state index contributed by atoms with van der Waals surface area (Å²) in [6.07, 6.45) is 1.70. The Bertz CT molecular complexity index is 480. The van der Waals surface area contributed by atoms with E-state index >= 15 is 0 Å². The molecular weight excluding hydrogens is 255 g/mol. The molecule has 1 spiro atoms. The largest absolute Gasteiger partial charge is 0.353 e. The maximum absolute atomic E-state index is 14.2. The van der Waals surface area contributed by atoms with E-state index in [0.717, 1.165) is 0 Å². The highest BCUT2D eigenvalue weighted by molar-refractivity contribution is 5.42. The Morgan fingerprint density at radius 1 is 1.32 bits per heavy atom. The Hall–Kier alpha value is -1.30. The van der Waals surface area contributed by atoms with E-state index in [1.807, 2.05) is 0 Å². The third-order valence-electron chi connectivity index (χ3n) is 4.25. The van der Waals surface area contributed by atoms with Crippen LogP contribution < -0.4 is 10.2 Å². The van der Waals surface area contributed by atoms with Crippen molar-refractivity contribution in [3.05, 3.63) is 24.1 Å². The monoisotopic (exact) mass is 271 g/mol. The number of alkyl halides is 2. The highest BCUT2D eigenvalue weighted by atomic mass is 19.3. The summed E-state index contributed by atoms with van der Waals surface area (Å²) in [5.74, 6) is -2.97. The molecule has 0 aromatic carbocycles. The Morgan fingerprint density at radius 3 is 2.89 bits per heavy atom. The van der Waals surface area contributed by atoms with Crippen LogP contribution >= 0.6 is 0 Å². The molecule has 0 aliphatic carbocycles. The fraction of sp³-hybridized carbons (Fsp3) is 0.615. The van der Waals surface area contributed by atoms with Crippen molar-refractivity contribution in [1.29, 1.82) is 0 Å². The summed E-state index contributed by atoms with van der Waals surface area (Å²) in [4.78, 5) is 5.61. The highest BCUT2D eigenvalue weighted by Gasteiger charge is 2.58. The lowest BCUT2D eigenvalue weighted by Gasteiger charge is -2.41. The van der Waals surface area contributed by atoms with Crippen molar-refractivity contribution in [1.82, 2.24) is 10.3 Å². The molecule has 19 heavy (non-hydrogen) atoms. The molecule has 6 heteroatoms. The van der Waals surface area contributed by atoms with E-state index in [0.29, 0.717) is 19.5 Å². The van der Waals surface area contributed by atoms with Crippen LogP contribution in [0.4, 0.5) is 19.0 Å². The molecule has 2 aliphatic heterocycles. The molecule has 1 aromatic rings. The van der Waals surface area contributed by atoms with Crippen LogP contribution in [0.3, 0.4) is 0 Å². The van der Waals surface area contributed by atoms with Crippen molar-refractivity contribution < 1.29 is 13.2 Å². The summed E-state index contributed by atoms with van der Waals surface area (Å²) in [6, 6.07) is 2.81. The first-order valence-corrected chi connectivity index (χ1v) is 6.48. The average molecular weight is 271 g/mol. The summed E-state index contributed by atoms with van der Waals surface area (Å²) in [5.41, 5.74) is -1.09. The zero-order valence-corrected chi connectivity index (χ0v) is 10.5. The number of hydrogen-bond acceptors (Lipinski definition) is 3. The zero-order chi connectivity index (χ0) is 13.5. The van der Waals surface area contributed by atoms with Gasteiger partial charge >= 0.3 is 0 Å². The Balaban J connectivity index is 1.85. The summed E-state index contributed by atoms with van der Waals surface area (Å²) in [7, 11) is 0. The number of halogens is 3. The number of piperidine rings is 1. The SMILES string of the molecule is Fc1cccnc1N1CC[C@@]2(CNCCC2(F)F)C1. The van der Waals surface area contributed by atoms with Crippen LogP contribution in [-0.4, -0.2) is 37.1 Å². The average Bonchev–Trinajstić information content (AvgIpc) is 2.80. The minimum absolute atomic E-state index is 0.147. The van der Waals surface area contributed by atoms with E-state index in [1.54, 1.807) is 4.90 Å². The molecule has 1 N–H and O–H groups in total. The molecule has 3 nitrogen and oxygen atoms in total. The summed E-state index contributed by atoms with van der Waals surface area (Å²) in [6.45, 7) is 1.20.